The van der Waals surface area contributed by atoms with Crippen LogP contribution in [0.1, 0.15) is 38.2 Å². The molecule has 3 nitrogen and oxygen atoms in total. The van der Waals surface area contributed by atoms with Gasteiger partial charge in [0.2, 0.25) is 0 Å². The highest BCUT2D eigenvalue weighted by atomic mass is 16.5. The lowest BCUT2D eigenvalue weighted by Crippen LogP contribution is -2.23. The molecule has 1 aromatic rings. The Hall–Kier alpha value is -1.06. The lowest BCUT2D eigenvalue weighted by Gasteiger charge is -2.12. The molecule has 0 aliphatic carbocycles. The Morgan fingerprint density at radius 2 is 2.15 bits per heavy atom. The second kappa shape index (κ2) is 8.28. The molecule has 1 fully saturated rings. The van der Waals surface area contributed by atoms with Crippen molar-refractivity contribution < 1.29 is 9.47 Å². The maximum absolute atomic E-state index is 5.78. The minimum atomic E-state index is 0.476. The van der Waals surface area contributed by atoms with Gasteiger partial charge in [-0.25, -0.2) is 0 Å². The van der Waals surface area contributed by atoms with Gasteiger partial charge < -0.3 is 14.8 Å². The third kappa shape index (κ3) is 5.14. The summed E-state index contributed by atoms with van der Waals surface area (Å²) in [5, 5.41) is 3.25. The monoisotopic (exact) mass is 277 g/mol. The van der Waals surface area contributed by atoms with Crippen LogP contribution in [-0.4, -0.2) is 32.4 Å². The minimum absolute atomic E-state index is 0.476. The van der Waals surface area contributed by atoms with Crippen molar-refractivity contribution in [2.24, 2.45) is 0 Å². The van der Waals surface area contributed by atoms with E-state index in [1.54, 1.807) is 0 Å². The molecule has 112 valence electrons. The van der Waals surface area contributed by atoms with Gasteiger partial charge in [-0.15, -0.1) is 0 Å². The largest absolute Gasteiger partial charge is 0.494 e. The average molecular weight is 277 g/mol. The van der Waals surface area contributed by atoms with E-state index >= 15 is 0 Å². The van der Waals surface area contributed by atoms with Crippen molar-refractivity contribution in [2.75, 3.05) is 20.3 Å². The third-order valence-corrected chi connectivity index (χ3v) is 3.92. The number of rotatable bonds is 8. The Balaban J connectivity index is 1.65. The predicted octanol–water partition coefficient (Wildman–Crippen LogP) is 3.18. The molecule has 20 heavy (non-hydrogen) atoms. The van der Waals surface area contributed by atoms with Crippen LogP contribution in [0, 0.1) is 0 Å². The first kappa shape index (κ1) is 15.3. The van der Waals surface area contributed by atoms with Crippen LogP contribution in [0.3, 0.4) is 0 Å². The second-order valence-corrected chi connectivity index (χ2v) is 5.66. The molecule has 1 aliphatic rings. The zero-order chi connectivity index (χ0) is 14.2. The zero-order valence-electron chi connectivity index (χ0n) is 12.7. The van der Waals surface area contributed by atoms with E-state index in [1.807, 2.05) is 7.05 Å². The topological polar surface area (TPSA) is 30.5 Å². The molecule has 2 rings (SSSR count). The average Bonchev–Trinajstić information content (AvgIpc) is 2.98. The van der Waals surface area contributed by atoms with Crippen molar-refractivity contribution >= 4 is 0 Å². The van der Waals surface area contributed by atoms with Gasteiger partial charge in [-0.2, -0.15) is 0 Å². The van der Waals surface area contributed by atoms with Crippen LogP contribution >= 0.6 is 0 Å². The van der Waals surface area contributed by atoms with E-state index in [0.717, 1.165) is 38.2 Å². The highest BCUT2D eigenvalue weighted by Gasteiger charge is 2.14. The molecule has 0 saturated carbocycles. The normalized spacial score (nSPS) is 20.0. The molecule has 1 saturated heterocycles. The second-order valence-electron chi connectivity index (χ2n) is 5.66. The Kier molecular flexibility index (Phi) is 6.34. The lowest BCUT2D eigenvalue weighted by atomic mass is 10.1. The van der Waals surface area contributed by atoms with Crippen molar-refractivity contribution in [1.29, 1.82) is 0 Å². The molecule has 2 atom stereocenters. The van der Waals surface area contributed by atoms with Gasteiger partial charge in [-0.3, -0.25) is 0 Å². The first-order chi connectivity index (χ1) is 9.78. The van der Waals surface area contributed by atoms with Crippen LogP contribution in [0.5, 0.6) is 5.75 Å². The molecule has 0 spiro atoms. The van der Waals surface area contributed by atoms with Gasteiger partial charge in [-0.05, 0) is 63.8 Å². The third-order valence-electron chi connectivity index (χ3n) is 3.92. The fourth-order valence-electron chi connectivity index (χ4n) is 2.55. The SMILES string of the molecule is CNC(C)Cc1ccc(OCCCC2CCCO2)cc1. The smallest absolute Gasteiger partial charge is 0.119 e. The fraction of sp³-hybridized carbons (Fsp3) is 0.647. The van der Waals surface area contributed by atoms with E-state index < -0.39 is 0 Å². The molecule has 3 heteroatoms. The van der Waals surface area contributed by atoms with Gasteiger partial charge in [0, 0.05) is 12.6 Å². The zero-order valence-corrected chi connectivity index (χ0v) is 12.7. The lowest BCUT2D eigenvalue weighted by molar-refractivity contribution is 0.0981. The molecule has 1 aromatic carbocycles. The number of likely N-dealkylation sites (N-methyl/N-ethyl adjacent to an activating group) is 1. The Morgan fingerprint density at radius 3 is 2.80 bits per heavy atom. The highest BCUT2D eigenvalue weighted by molar-refractivity contribution is 5.27. The summed E-state index contributed by atoms with van der Waals surface area (Å²) in [5.74, 6) is 0.971. The van der Waals surface area contributed by atoms with Crippen LogP contribution < -0.4 is 10.1 Å². The van der Waals surface area contributed by atoms with Crippen molar-refractivity contribution in [3.63, 3.8) is 0 Å². The molecule has 0 amide bonds. The maximum atomic E-state index is 5.78. The standard InChI is InChI=1S/C17H27NO2/c1-14(18-2)13-15-7-9-17(10-8-15)20-12-4-6-16-5-3-11-19-16/h7-10,14,16,18H,3-6,11-13H2,1-2H3. The summed E-state index contributed by atoms with van der Waals surface area (Å²) < 4.78 is 11.4. The van der Waals surface area contributed by atoms with Crippen molar-refractivity contribution in [1.82, 2.24) is 5.32 Å². The Morgan fingerprint density at radius 1 is 1.35 bits per heavy atom. The summed E-state index contributed by atoms with van der Waals surface area (Å²) in [6.45, 7) is 3.92. The summed E-state index contributed by atoms with van der Waals surface area (Å²) in [6, 6.07) is 8.97. The summed E-state index contributed by atoms with van der Waals surface area (Å²) >= 11 is 0. The molecule has 0 aromatic heterocycles. The van der Waals surface area contributed by atoms with Crippen molar-refractivity contribution in [3.8, 4) is 5.75 Å². The predicted molar refractivity (Wildman–Crippen MR) is 82.4 cm³/mol. The summed E-state index contributed by atoms with van der Waals surface area (Å²) in [6.07, 6.45) is 6.16. The quantitative estimate of drug-likeness (QED) is 0.740. The van der Waals surface area contributed by atoms with Gasteiger partial charge in [0.25, 0.3) is 0 Å². The van der Waals surface area contributed by atoms with Crippen LogP contribution in [0.25, 0.3) is 0 Å². The van der Waals surface area contributed by atoms with Crippen LogP contribution in [0.15, 0.2) is 24.3 Å². The van der Waals surface area contributed by atoms with Crippen molar-refractivity contribution in [3.05, 3.63) is 29.8 Å². The van der Waals surface area contributed by atoms with Crippen LogP contribution in [0.4, 0.5) is 0 Å². The molecule has 1 heterocycles. The highest BCUT2D eigenvalue weighted by Crippen LogP contribution is 2.18. The summed E-state index contributed by atoms with van der Waals surface area (Å²) in [4.78, 5) is 0. The van der Waals surface area contributed by atoms with E-state index in [2.05, 4.69) is 36.5 Å². The van der Waals surface area contributed by atoms with Crippen LogP contribution in [-0.2, 0) is 11.2 Å². The Labute approximate surface area is 122 Å². The van der Waals surface area contributed by atoms with E-state index in [0.29, 0.717) is 12.1 Å². The van der Waals surface area contributed by atoms with Crippen molar-refractivity contribution in [2.45, 2.75) is 51.2 Å². The maximum Gasteiger partial charge on any atom is 0.119 e. The Bertz CT molecular complexity index is 371. The molecule has 1 N–H and O–H groups in total. The number of ether oxygens (including phenoxy) is 2. The molecule has 0 bridgehead atoms. The van der Waals surface area contributed by atoms with E-state index in [4.69, 9.17) is 9.47 Å². The number of hydrogen-bond acceptors (Lipinski definition) is 3. The molecular formula is C17H27NO2. The minimum Gasteiger partial charge on any atom is -0.494 e. The number of hydrogen-bond donors (Lipinski definition) is 1. The number of nitrogens with one attached hydrogen (secondary N) is 1. The van der Waals surface area contributed by atoms with Crippen LogP contribution in [0.2, 0.25) is 0 Å². The van der Waals surface area contributed by atoms with Gasteiger partial charge >= 0.3 is 0 Å². The number of benzene rings is 1. The van der Waals surface area contributed by atoms with Gasteiger partial charge in [0.05, 0.1) is 12.7 Å². The first-order valence-corrected chi connectivity index (χ1v) is 7.78. The van der Waals surface area contributed by atoms with E-state index in [-0.39, 0.29) is 0 Å². The summed E-state index contributed by atoms with van der Waals surface area (Å²) in [7, 11) is 2.00. The molecule has 1 aliphatic heterocycles. The summed E-state index contributed by atoms with van der Waals surface area (Å²) in [5.41, 5.74) is 1.35. The van der Waals surface area contributed by atoms with Gasteiger partial charge in [0.15, 0.2) is 0 Å². The molecular weight excluding hydrogens is 250 g/mol. The fourth-order valence-corrected chi connectivity index (χ4v) is 2.55. The molecule has 2 unspecified atom stereocenters. The molecule has 0 radical (unpaired) electrons. The van der Waals surface area contributed by atoms with E-state index in [9.17, 15) is 0 Å². The van der Waals surface area contributed by atoms with E-state index in [1.165, 1.54) is 18.4 Å². The van der Waals surface area contributed by atoms with Gasteiger partial charge in [-0.1, -0.05) is 12.1 Å². The first-order valence-electron chi connectivity index (χ1n) is 7.78. The van der Waals surface area contributed by atoms with Gasteiger partial charge in [0.1, 0.15) is 5.75 Å².